The van der Waals surface area contributed by atoms with Crippen LogP contribution in [0, 0.1) is 20.8 Å². The van der Waals surface area contributed by atoms with E-state index < -0.39 is 5.97 Å². The van der Waals surface area contributed by atoms with E-state index in [0.717, 1.165) is 17.2 Å². The number of aromatic nitrogens is 2. The highest BCUT2D eigenvalue weighted by Crippen LogP contribution is 2.09. The number of hydrogen-bond acceptors (Lipinski definition) is 2. The maximum absolute atomic E-state index is 10.4. The average Bonchev–Trinajstić information content (AvgIpc) is 2.24. The summed E-state index contributed by atoms with van der Waals surface area (Å²) < 4.78 is 1.93. The molecule has 0 amide bonds. The van der Waals surface area contributed by atoms with Gasteiger partial charge in [-0.3, -0.25) is 4.79 Å². The Hall–Kier alpha value is -1.32. The van der Waals surface area contributed by atoms with Crippen LogP contribution in [0.4, 0.5) is 0 Å². The molecule has 0 unspecified atom stereocenters. The van der Waals surface area contributed by atoms with Gasteiger partial charge in [0.15, 0.2) is 0 Å². The lowest BCUT2D eigenvalue weighted by Gasteiger charge is -2.04. The van der Waals surface area contributed by atoms with Crippen LogP contribution < -0.4 is 0 Å². The summed E-state index contributed by atoms with van der Waals surface area (Å²) >= 11 is 0. The summed E-state index contributed by atoms with van der Waals surface area (Å²) in [6, 6.07) is 0. The molecule has 1 aromatic heterocycles. The Bertz CT molecular complexity index is 329. The third kappa shape index (κ3) is 2.08. The normalized spacial score (nSPS) is 10.4. The van der Waals surface area contributed by atoms with Crippen molar-refractivity contribution in [2.45, 2.75) is 33.7 Å². The van der Waals surface area contributed by atoms with Gasteiger partial charge in [-0.25, -0.2) is 4.98 Å². The van der Waals surface area contributed by atoms with Gasteiger partial charge in [-0.15, -0.1) is 0 Å². The van der Waals surface area contributed by atoms with Crippen LogP contribution in [-0.2, 0) is 11.3 Å². The number of hydrogen-bond donors (Lipinski definition) is 1. The monoisotopic (exact) mass is 182 g/mol. The summed E-state index contributed by atoms with van der Waals surface area (Å²) in [5.74, 6) is 0.112. The minimum atomic E-state index is -0.773. The Labute approximate surface area is 77.2 Å². The molecule has 0 spiro atoms. The van der Waals surface area contributed by atoms with E-state index in [2.05, 4.69) is 4.98 Å². The first-order valence-corrected chi connectivity index (χ1v) is 4.24. The predicted octanol–water partition coefficient (Wildman–Crippen LogP) is 1.28. The van der Waals surface area contributed by atoms with Gasteiger partial charge in [0.25, 0.3) is 0 Å². The molecule has 0 aromatic carbocycles. The zero-order valence-electron chi connectivity index (χ0n) is 8.16. The zero-order valence-corrected chi connectivity index (χ0v) is 8.16. The first kappa shape index (κ1) is 9.77. The average molecular weight is 182 g/mol. The van der Waals surface area contributed by atoms with Gasteiger partial charge >= 0.3 is 5.97 Å². The van der Waals surface area contributed by atoms with Gasteiger partial charge in [0.05, 0.1) is 12.1 Å². The summed E-state index contributed by atoms with van der Waals surface area (Å²) in [5, 5.41) is 8.53. The van der Waals surface area contributed by atoms with E-state index >= 15 is 0 Å². The van der Waals surface area contributed by atoms with Crippen molar-refractivity contribution in [1.29, 1.82) is 0 Å². The van der Waals surface area contributed by atoms with Crippen molar-refractivity contribution in [3.63, 3.8) is 0 Å². The Morgan fingerprint density at radius 2 is 2.08 bits per heavy atom. The summed E-state index contributed by atoms with van der Waals surface area (Å²) in [7, 11) is 0. The van der Waals surface area contributed by atoms with Crippen LogP contribution in [0.15, 0.2) is 0 Å². The van der Waals surface area contributed by atoms with E-state index in [1.807, 2.05) is 25.3 Å². The highest BCUT2D eigenvalue weighted by molar-refractivity contribution is 5.66. The summed E-state index contributed by atoms with van der Waals surface area (Å²) in [4.78, 5) is 14.6. The maximum Gasteiger partial charge on any atom is 0.305 e. The van der Waals surface area contributed by atoms with Crippen LogP contribution in [0.5, 0.6) is 0 Å². The van der Waals surface area contributed by atoms with Crippen molar-refractivity contribution in [2.75, 3.05) is 0 Å². The number of carboxylic acids is 1. The van der Waals surface area contributed by atoms with Gasteiger partial charge < -0.3 is 9.67 Å². The van der Waals surface area contributed by atoms with Gasteiger partial charge in [0, 0.05) is 12.2 Å². The predicted molar refractivity (Wildman–Crippen MR) is 48.7 cm³/mol. The molecule has 0 bridgehead atoms. The minimum Gasteiger partial charge on any atom is -0.481 e. The molecule has 1 rings (SSSR count). The SMILES string of the molecule is Cc1nc(C)n(CCC(=O)O)c1C. The van der Waals surface area contributed by atoms with E-state index in [1.54, 1.807) is 0 Å². The van der Waals surface area contributed by atoms with Crippen molar-refractivity contribution in [3.8, 4) is 0 Å². The van der Waals surface area contributed by atoms with Gasteiger partial charge in [0.2, 0.25) is 0 Å². The molecule has 0 aliphatic heterocycles. The van der Waals surface area contributed by atoms with Crippen LogP contribution in [0.2, 0.25) is 0 Å². The van der Waals surface area contributed by atoms with Gasteiger partial charge in [-0.1, -0.05) is 0 Å². The van der Waals surface area contributed by atoms with Crippen molar-refractivity contribution >= 4 is 5.97 Å². The first-order chi connectivity index (χ1) is 6.02. The number of nitrogens with zero attached hydrogens (tertiary/aromatic N) is 2. The Morgan fingerprint density at radius 1 is 1.46 bits per heavy atom. The molecule has 13 heavy (non-hydrogen) atoms. The number of aliphatic carboxylic acids is 1. The highest BCUT2D eigenvalue weighted by atomic mass is 16.4. The van der Waals surface area contributed by atoms with Gasteiger partial charge in [0.1, 0.15) is 5.82 Å². The van der Waals surface area contributed by atoms with Crippen LogP contribution in [-0.4, -0.2) is 20.6 Å². The second-order valence-corrected chi connectivity index (χ2v) is 3.13. The Morgan fingerprint density at radius 3 is 2.46 bits per heavy atom. The third-order valence-electron chi connectivity index (χ3n) is 2.20. The van der Waals surface area contributed by atoms with E-state index in [9.17, 15) is 4.79 Å². The molecular weight excluding hydrogens is 168 g/mol. The minimum absolute atomic E-state index is 0.150. The summed E-state index contributed by atoms with van der Waals surface area (Å²) in [5.41, 5.74) is 2.03. The molecular formula is C9H14N2O2. The number of carboxylic acid groups (broad SMARTS) is 1. The van der Waals surface area contributed by atoms with Crippen LogP contribution in [0.25, 0.3) is 0 Å². The van der Waals surface area contributed by atoms with Gasteiger partial charge in [-0.05, 0) is 20.8 Å². The quantitative estimate of drug-likeness (QED) is 0.766. The lowest BCUT2D eigenvalue weighted by atomic mass is 10.3. The van der Waals surface area contributed by atoms with Crippen molar-refractivity contribution < 1.29 is 9.90 Å². The fourth-order valence-corrected chi connectivity index (χ4v) is 1.36. The molecule has 0 fully saturated rings. The lowest BCUT2D eigenvalue weighted by molar-refractivity contribution is -0.137. The standard InChI is InChI=1S/C9H14N2O2/c1-6-7(2)11(8(3)10-6)5-4-9(12)13/h4-5H2,1-3H3,(H,12,13). The molecule has 1 N–H and O–H groups in total. The fourth-order valence-electron chi connectivity index (χ4n) is 1.36. The van der Waals surface area contributed by atoms with Crippen molar-refractivity contribution in [3.05, 3.63) is 17.2 Å². The molecule has 0 saturated carbocycles. The molecule has 0 aliphatic rings. The molecule has 0 atom stereocenters. The van der Waals surface area contributed by atoms with Crippen molar-refractivity contribution in [1.82, 2.24) is 9.55 Å². The summed E-state index contributed by atoms with van der Waals surface area (Å²) in [6.07, 6.45) is 0.150. The number of imidazole rings is 1. The molecule has 72 valence electrons. The lowest BCUT2D eigenvalue weighted by Crippen LogP contribution is -2.07. The number of aryl methyl sites for hydroxylation is 2. The molecule has 4 nitrogen and oxygen atoms in total. The molecule has 1 aromatic rings. The molecule has 4 heteroatoms. The van der Waals surface area contributed by atoms with Crippen LogP contribution >= 0.6 is 0 Å². The van der Waals surface area contributed by atoms with Crippen LogP contribution in [0.3, 0.4) is 0 Å². The second kappa shape index (κ2) is 3.60. The zero-order chi connectivity index (χ0) is 10.0. The fraction of sp³-hybridized carbons (Fsp3) is 0.556. The van der Waals surface area contributed by atoms with E-state index in [-0.39, 0.29) is 6.42 Å². The largest absolute Gasteiger partial charge is 0.481 e. The smallest absolute Gasteiger partial charge is 0.305 e. The van der Waals surface area contributed by atoms with E-state index in [0.29, 0.717) is 6.54 Å². The first-order valence-electron chi connectivity index (χ1n) is 4.24. The molecule has 0 saturated heterocycles. The Kier molecular flexibility index (Phi) is 2.70. The third-order valence-corrected chi connectivity index (χ3v) is 2.20. The summed E-state index contributed by atoms with van der Waals surface area (Å²) in [6.45, 7) is 6.28. The van der Waals surface area contributed by atoms with Crippen molar-refractivity contribution in [2.24, 2.45) is 0 Å². The number of rotatable bonds is 3. The van der Waals surface area contributed by atoms with Gasteiger partial charge in [-0.2, -0.15) is 0 Å². The molecule has 1 heterocycles. The van der Waals surface area contributed by atoms with E-state index in [1.165, 1.54) is 0 Å². The highest BCUT2D eigenvalue weighted by Gasteiger charge is 2.07. The van der Waals surface area contributed by atoms with E-state index in [4.69, 9.17) is 5.11 Å². The molecule has 0 radical (unpaired) electrons. The maximum atomic E-state index is 10.4. The second-order valence-electron chi connectivity index (χ2n) is 3.13. The Balaban J connectivity index is 2.81. The number of carbonyl (C=O) groups is 1. The van der Waals surface area contributed by atoms with Crippen LogP contribution in [0.1, 0.15) is 23.6 Å². The molecule has 0 aliphatic carbocycles. The topological polar surface area (TPSA) is 55.1 Å².